The van der Waals surface area contributed by atoms with Crippen molar-refractivity contribution in [3.8, 4) is 0 Å². The topological polar surface area (TPSA) is 86.7 Å². The smallest absolute Gasteiger partial charge is 0.309 e. The van der Waals surface area contributed by atoms with Gasteiger partial charge in [0.15, 0.2) is 0 Å². The van der Waals surface area contributed by atoms with Gasteiger partial charge in [0.1, 0.15) is 0 Å². The number of halogens is 3. The van der Waals surface area contributed by atoms with Gasteiger partial charge in [-0.2, -0.15) is 4.31 Å². The number of carboxylic acid groups (broad SMARTS) is 1. The first-order chi connectivity index (χ1) is 15.1. The number of nitrogens with zero attached hydrogens (tertiary/aromatic N) is 1. The number of benzene rings is 2. The number of rotatable bonds is 12. The predicted molar refractivity (Wildman–Crippen MR) is 132 cm³/mol. The molecule has 0 bridgehead atoms. The number of aliphatic carboxylic acids is 1. The molecule has 0 saturated carbocycles. The summed E-state index contributed by atoms with van der Waals surface area (Å²) in [5.41, 5.74) is 0.491. The maximum Gasteiger partial charge on any atom is 0.309 e. The molecule has 6 nitrogen and oxygen atoms in total. The standard InChI is InChI=1S/C22H23BrCl2N2O4S/c1-3-11-26-21(18-10-7-16(24)13-20(18)25)19(22(28)29)14-27(12-4-2)32(30,31)17-8-5-15(23)6-9-17/h3-10,13,19,21,26H,1-2,11-12,14H2,(H,28,29). The van der Waals surface area contributed by atoms with Crippen molar-refractivity contribution in [2.24, 2.45) is 5.92 Å². The van der Waals surface area contributed by atoms with Crippen LogP contribution < -0.4 is 5.32 Å². The highest BCUT2D eigenvalue weighted by molar-refractivity contribution is 9.10. The first-order valence-electron chi connectivity index (χ1n) is 9.50. The molecule has 2 aromatic carbocycles. The number of carbonyl (C=O) groups is 1. The van der Waals surface area contributed by atoms with E-state index in [1.807, 2.05) is 0 Å². The van der Waals surface area contributed by atoms with Gasteiger partial charge >= 0.3 is 5.97 Å². The predicted octanol–water partition coefficient (Wildman–Crippen LogP) is 5.15. The van der Waals surface area contributed by atoms with Gasteiger partial charge in [-0.1, -0.05) is 57.4 Å². The van der Waals surface area contributed by atoms with Crippen LogP contribution in [0.15, 0.2) is 77.1 Å². The van der Waals surface area contributed by atoms with Gasteiger partial charge in [0.05, 0.1) is 10.8 Å². The quantitative estimate of drug-likeness (QED) is 0.350. The third kappa shape index (κ3) is 6.66. The summed E-state index contributed by atoms with van der Waals surface area (Å²) in [6, 6.07) is 10.1. The third-order valence-electron chi connectivity index (χ3n) is 4.68. The zero-order chi connectivity index (χ0) is 23.9. The van der Waals surface area contributed by atoms with E-state index >= 15 is 0 Å². The minimum atomic E-state index is -3.99. The molecular weight excluding hydrogens is 539 g/mol. The molecular formula is C22H23BrCl2N2O4S. The molecule has 0 heterocycles. The highest BCUT2D eigenvalue weighted by Crippen LogP contribution is 2.32. The van der Waals surface area contributed by atoms with Crippen LogP contribution in [0.2, 0.25) is 10.0 Å². The van der Waals surface area contributed by atoms with Crippen molar-refractivity contribution in [1.82, 2.24) is 9.62 Å². The Kier molecular flexibility index (Phi) is 9.94. The molecule has 0 aromatic heterocycles. The molecule has 2 atom stereocenters. The summed E-state index contributed by atoms with van der Waals surface area (Å²) in [7, 11) is -3.99. The average Bonchev–Trinajstić information content (AvgIpc) is 2.73. The molecule has 0 fully saturated rings. The molecule has 2 unspecified atom stereocenters. The van der Waals surface area contributed by atoms with Gasteiger partial charge in [-0.25, -0.2) is 8.42 Å². The molecule has 2 rings (SSSR count). The van der Waals surface area contributed by atoms with Crippen molar-refractivity contribution >= 4 is 55.1 Å². The molecule has 10 heteroatoms. The monoisotopic (exact) mass is 560 g/mol. The summed E-state index contributed by atoms with van der Waals surface area (Å²) in [6.07, 6.45) is 2.99. The van der Waals surface area contributed by atoms with Crippen molar-refractivity contribution in [3.05, 3.63) is 87.9 Å². The number of sulfonamides is 1. The van der Waals surface area contributed by atoms with Gasteiger partial charge in [-0.05, 0) is 42.0 Å². The van der Waals surface area contributed by atoms with E-state index in [1.54, 1.807) is 30.3 Å². The normalized spacial score (nSPS) is 13.5. The Balaban J connectivity index is 2.49. The molecule has 2 aromatic rings. The first kappa shape index (κ1) is 26.6. The van der Waals surface area contributed by atoms with E-state index in [1.165, 1.54) is 24.3 Å². The highest BCUT2D eigenvalue weighted by atomic mass is 79.9. The number of nitrogens with one attached hydrogen (secondary N) is 1. The van der Waals surface area contributed by atoms with E-state index < -0.39 is 28.0 Å². The largest absolute Gasteiger partial charge is 0.481 e. The molecule has 172 valence electrons. The lowest BCUT2D eigenvalue weighted by Crippen LogP contribution is -2.43. The molecule has 0 aliphatic heterocycles. The summed E-state index contributed by atoms with van der Waals surface area (Å²) in [4.78, 5) is 12.4. The lowest BCUT2D eigenvalue weighted by molar-refractivity contribution is -0.143. The number of hydrogen-bond acceptors (Lipinski definition) is 4. The SMILES string of the molecule is C=CCNC(c1ccc(Cl)cc1Cl)C(CN(CC=C)S(=O)(=O)c1ccc(Br)cc1)C(=O)O. The van der Waals surface area contributed by atoms with Crippen molar-refractivity contribution in [3.63, 3.8) is 0 Å². The highest BCUT2D eigenvalue weighted by Gasteiger charge is 2.35. The van der Waals surface area contributed by atoms with Crippen LogP contribution >= 0.6 is 39.1 Å². The van der Waals surface area contributed by atoms with E-state index in [4.69, 9.17) is 23.2 Å². The van der Waals surface area contributed by atoms with Gasteiger partial charge in [-0.3, -0.25) is 4.79 Å². The third-order valence-corrected chi connectivity index (χ3v) is 7.62. The van der Waals surface area contributed by atoms with Crippen LogP contribution in [0.5, 0.6) is 0 Å². The van der Waals surface area contributed by atoms with E-state index in [2.05, 4.69) is 34.4 Å². The van der Waals surface area contributed by atoms with E-state index in [0.29, 0.717) is 10.6 Å². The molecule has 2 N–H and O–H groups in total. The summed E-state index contributed by atoms with van der Waals surface area (Å²) >= 11 is 15.6. The second kappa shape index (κ2) is 12.0. The summed E-state index contributed by atoms with van der Waals surface area (Å²) in [5, 5.41) is 13.8. The Hall–Kier alpha value is -1.68. The maximum atomic E-state index is 13.3. The van der Waals surface area contributed by atoms with Crippen LogP contribution in [0.3, 0.4) is 0 Å². The molecule has 32 heavy (non-hydrogen) atoms. The Labute approximate surface area is 206 Å². The van der Waals surface area contributed by atoms with Crippen molar-refractivity contribution in [2.75, 3.05) is 19.6 Å². The molecule has 0 amide bonds. The van der Waals surface area contributed by atoms with Crippen molar-refractivity contribution in [1.29, 1.82) is 0 Å². The van der Waals surface area contributed by atoms with Crippen molar-refractivity contribution in [2.45, 2.75) is 10.9 Å². The lowest BCUT2D eigenvalue weighted by Gasteiger charge is -2.30. The summed E-state index contributed by atoms with van der Waals surface area (Å²) < 4.78 is 28.3. The van der Waals surface area contributed by atoms with E-state index in [-0.39, 0.29) is 29.6 Å². The van der Waals surface area contributed by atoms with Gasteiger partial charge in [0.2, 0.25) is 10.0 Å². The Morgan fingerprint density at radius 2 is 1.81 bits per heavy atom. The van der Waals surface area contributed by atoms with Crippen LogP contribution in [-0.2, 0) is 14.8 Å². The zero-order valence-corrected chi connectivity index (χ0v) is 21.0. The minimum Gasteiger partial charge on any atom is -0.481 e. The molecule has 0 radical (unpaired) electrons. The van der Waals surface area contributed by atoms with Crippen LogP contribution in [0.1, 0.15) is 11.6 Å². The van der Waals surface area contributed by atoms with Gasteiger partial charge < -0.3 is 10.4 Å². The Bertz CT molecular complexity index is 1080. The van der Waals surface area contributed by atoms with Crippen LogP contribution in [0, 0.1) is 5.92 Å². The molecule has 0 aliphatic carbocycles. The number of carboxylic acids is 1. The fourth-order valence-corrected chi connectivity index (χ4v) is 5.38. The van der Waals surface area contributed by atoms with Gasteiger partial charge in [-0.15, -0.1) is 13.2 Å². The summed E-state index contributed by atoms with van der Waals surface area (Å²) in [6.45, 7) is 7.19. The molecule has 0 spiro atoms. The second-order valence-corrected chi connectivity index (χ2v) is 10.5. The first-order valence-corrected chi connectivity index (χ1v) is 12.5. The fraction of sp³-hybridized carbons (Fsp3) is 0.227. The minimum absolute atomic E-state index is 0.0480. The van der Waals surface area contributed by atoms with Crippen LogP contribution in [0.25, 0.3) is 0 Å². The fourth-order valence-electron chi connectivity index (χ4n) is 3.15. The Morgan fingerprint density at radius 3 is 2.34 bits per heavy atom. The molecule has 0 saturated heterocycles. The van der Waals surface area contributed by atoms with Crippen molar-refractivity contribution < 1.29 is 18.3 Å². The lowest BCUT2D eigenvalue weighted by atomic mass is 9.92. The maximum absolute atomic E-state index is 13.3. The average molecular weight is 562 g/mol. The van der Waals surface area contributed by atoms with Crippen LogP contribution in [0.4, 0.5) is 0 Å². The van der Waals surface area contributed by atoms with E-state index in [9.17, 15) is 18.3 Å². The summed E-state index contributed by atoms with van der Waals surface area (Å²) in [5.74, 6) is -2.35. The molecule has 0 aliphatic rings. The van der Waals surface area contributed by atoms with Gasteiger partial charge in [0, 0.05) is 40.2 Å². The number of hydrogen-bond donors (Lipinski definition) is 2. The zero-order valence-electron chi connectivity index (χ0n) is 17.0. The van der Waals surface area contributed by atoms with Crippen LogP contribution in [-0.4, -0.2) is 43.4 Å². The Morgan fingerprint density at radius 1 is 1.16 bits per heavy atom. The van der Waals surface area contributed by atoms with E-state index in [0.717, 1.165) is 8.78 Å². The van der Waals surface area contributed by atoms with Gasteiger partial charge in [0.25, 0.3) is 0 Å². The second-order valence-electron chi connectivity index (χ2n) is 6.85.